The third-order valence-corrected chi connectivity index (χ3v) is 3.36. The van der Waals surface area contributed by atoms with E-state index in [4.69, 9.17) is 10.5 Å². The van der Waals surface area contributed by atoms with Crippen LogP contribution in [0.3, 0.4) is 0 Å². The Morgan fingerprint density at radius 3 is 3.14 bits per heavy atom. The molecule has 0 saturated carbocycles. The molecule has 0 radical (unpaired) electrons. The van der Waals surface area contributed by atoms with Crippen molar-refractivity contribution in [3.05, 3.63) is 16.3 Å². The summed E-state index contributed by atoms with van der Waals surface area (Å²) in [6.07, 6.45) is 1.06. The first kappa shape index (κ1) is 9.52. The van der Waals surface area contributed by atoms with Gasteiger partial charge in [0.15, 0.2) is 0 Å². The molecular formula is C10H14N2OS. The lowest BCUT2D eigenvalue weighted by molar-refractivity contribution is 0.191. The minimum atomic E-state index is 0.106. The zero-order valence-electron chi connectivity index (χ0n) is 8.36. The second kappa shape index (κ2) is 3.61. The second-order valence-corrected chi connectivity index (χ2v) is 4.34. The number of ether oxygens (including phenoxy) is 1. The fourth-order valence-corrected chi connectivity index (χ4v) is 2.35. The van der Waals surface area contributed by atoms with Crippen molar-refractivity contribution in [3.8, 4) is 5.75 Å². The molecule has 1 aromatic rings. The molecule has 0 spiro atoms. The van der Waals surface area contributed by atoms with Crippen LogP contribution in [0.4, 0.5) is 0 Å². The first-order valence-electron chi connectivity index (χ1n) is 4.80. The molecule has 0 aromatic carbocycles. The minimum Gasteiger partial charge on any atom is -0.487 e. The van der Waals surface area contributed by atoms with Crippen LogP contribution in [-0.4, -0.2) is 18.0 Å². The first-order valence-corrected chi connectivity index (χ1v) is 5.68. The third-order valence-electron chi connectivity index (χ3n) is 2.44. The maximum Gasteiger partial charge on any atom is 0.141 e. The predicted octanol–water partition coefficient (Wildman–Crippen LogP) is 2.01. The highest BCUT2D eigenvalue weighted by molar-refractivity contribution is 7.12. The van der Waals surface area contributed by atoms with Crippen LogP contribution in [0, 0.1) is 0 Å². The van der Waals surface area contributed by atoms with Gasteiger partial charge in [0.2, 0.25) is 0 Å². The monoisotopic (exact) mass is 210 g/mol. The van der Waals surface area contributed by atoms with Crippen LogP contribution in [0.25, 0.3) is 0 Å². The summed E-state index contributed by atoms with van der Waals surface area (Å²) in [5.41, 5.74) is 5.90. The lowest BCUT2D eigenvalue weighted by Gasteiger charge is -2.17. The van der Waals surface area contributed by atoms with Crippen molar-refractivity contribution in [1.82, 2.24) is 0 Å². The molecular weight excluding hydrogens is 196 g/mol. The molecule has 2 N–H and O–H groups in total. The fraction of sp³-hybridized carbons (Fsp3) is 0.500. The molecule has 0 aliphatic carbocycles. The van der Waals surface area contributed by atoms with Gasteiger partial charge in [0.1, 0.15) is 22.6 Å². The van der Waals surface area contributed by atoms with Gasteiger partial charge in [-0.15, -0.1) is 11.3 Å². The highest BCUT2D eigenvalue weighted by Gasteiger charge is 2.23. The standard InChI is InChI=1S/C10H14N2OS/c1-3-7-6(2)13-8-4-5-14-9(8)10(11)12-7/h4-7H,3H2,1-2H3,(H2,11,12)/t6-,7-/m1/s1. The van der Waals surface area contributed by atoms with Gasteiger partial charge in [0.25, 0.3) is 0 Å². The highest BCUT2D eigenvalue weighted by Crippen LogP contribution is 2.29. The number of fused-ring (bicyclic) bond motifs is 1. The Labute approximate surface area is 87.6 Å². The largest absolute Gasteiger partial charge is 0.487 e. The van der Waals surface area contributed by atoms with E-state index in [0.29, 0.717) is 5.84 Å². The van der Waals surface area contributed by atoms with Crippen LogP contribution >= 0.6 is 11.3 Å². The van der Waals surface area contributed by atoms with Crippen LogP contribution in [-0.2, 0) is 0 Å². The number of thiophene rings is 1. The van der Waals surface area contributed by atoms with Gasteiger partial charge in [-0.05, 0) is 24.8 Å². The topological polar surface area (TPSA) is 47.6 Å². The molecule has 1 aliphatic heterocycles. The van der Waals surface area contributed by atoms with Gasteiger partial charge in [-0.2, -0.15) is 0 Å². The van der Waals surface area contributed by atoms with Gasteiger partial charge in [-0.3, -0.25) is 4.99 Å². The van der Waals surface area contributed by atoms with E-state index in [1.54, 1.807) is 11.3 Å². The molecule has 1 aliphatic rings. The summed E-state index contributed by atoms with van der Waals surface area (Å²) in [5, 5.41) is 1.98. The van der Waals surface area contributed by atoms with Crippen LogP contribution < -0.4 is 10.5 Å². The van der Waals surface area contributed by atoms with Crippen molar-refractivity contribution in [2.45, 2.75) is 32.4 Å². The van der Waals surface area contributed by atoms with Crippen molar-refractivity contribution in [2.24, 2.45) is 10.7 Å². The van der Waals surface area contributed by atoms with E-state index in [9.17, 15) is 0 Å². The molecule has 0 fully saturated rings. The molecule has 14 heavy (non-hydrogen) atoms. The molecule has 2 atom stereocenters. The van der Waals surface area contributed by atoms with Crippen molar-refractivity contribution in [2.75, 3.05) is 0 Å². The van der Waals surface area contributed by atoms with E-state index in [-0.39, 0.29) is 12.1 Å². The van der Waals surface area contributed by atoms with Crippen LogP contribution in [0.5, 0.6) is 5.75 Å². The Hall–Kier alpha value is -1.03. The molecule has 3 nitrogen and oxygen atoms in total. The number of amidine groups is 1. The number of rotatable bonds is 1. The van der Waals surface area contributed by atoms with Gasteiger partial charge in [0, 0.05) is 0 Å². The first-order chi connectivity index (χ1) is 6.72. The molecule has 0 bridgehead atoms. The number of hydrogen-bond acceptors (Lipinski definition) is 4. The van der Waals surface area contributed by atoms with E-state index in [2.05, 4.69) is 11.9 Å². The summed E-state index contributed by atoms with van der Waals surface area (Å²) >= 11 is 1.58. The smallest absolute Gasteiger partial charge is 0.141 e. The molecule has 0 saturated heterocycles. The van der Waals surface area contributed by atoms with Crippen molar-refractivity contribution >= 4 is 17.2 Å². The second-order valence-electron chi connectivity index (χ2n) is 3.43. The lowest BCUT2D eigenvalue weighted by atomic mass is 10.1. The summed E-state index contributed by atoms with van der Waals surface area (Å²) in [4.78, 5) is 5.43. The normalized spacial score (nSPS) is 26.0. The Morgan fingerprint density at radius 2 is 2.43 bits per heavy atom. The maximum atomic E-state index is 5.90. The number of nitrogens with two attached hydrogens (primary N) is 1. The zero-order valence-corrected chi connectivity index (χ0v) is 9.17. The van der Waals surface area contributed by atoms with E-state index in [1.807, 2.05) is 18.4 Å². The van der Waals surface area contributed by atoms with E-state index < -0.39 is 0 Å². The zero-order chi connectivity index (χ0) is 10.1. The molecule has 1 aromatic heterocycles. The number of hydrogen-bond donors (Lipinski definition) is 1. The summed E-state index contributed by atoms with van der Waals surface area (Å²) in [5.74, 6) is 1.49. The van der Waals surface area contributed by atoms with Gasteiger partial charge >= 0.3 is 0 Å². The van der Waals surface area contributed by atoms with Gasteiger partial charge in [-0.25, -0.2) is 0 Å². The molecule has 0 amide bonds. The van der Waals surface area contributed by atoms with Gasteiger partial charge in [0.05, 0.1) is 6.04 Å². The Morgan fingerprint density at radius 1 is 1.64 bits per heavy atom. The average Bonchev–Trinajstić information content (AvgIpc) is 2.57. The van der Waals surface area contributed by atoms with E-state index in [1.165, 1.54) is 0 Å². The highest BCUT2D eigenvalue weighted by atomic mass is 32.1. The van der Waals surface area contributed by atoms with Crippen LogP contribution in [0.2, 0.25) is 0 Å². The SMILES string of the molecule is CC[C@H]1N=C(N)c2sccc2O[C@@H]1C. The van der Waals surface area contributed by atoms with E-state index in [0.717, 1.165) is 17.0 Å². The quantitative estimate of drug-likeness (QED) is 0.770. The fourth-order valence-electron chi connectivity index (χ4n) is 1.62. The minimum absolute atomic E-state index is 0.106. The van der Waals surface area contributed by atoms with Crippen LogP contribution in [0.15, 0.2) is 16.4 Å². The Bertz CT molecular complexity index is 359. The van der Waals surface area contributed by atoms with Crippen molar-refractivity contribution < 1.29 is 4.74 Å². The molecule has 4 heteroatoms. The summed E-state index contributed by atoms with van der Waals surface area (Å²) < 4.78 is 5.79. The van der Waals surface area contributed by atoms with Crippen molar-refractivity contribution in [1.29, 1.82) is 0 Å². The van der Waals surface area contributed by atoms with Crippen molar-refractivity contribution in [3.63, 3.8) is 0 Å². The van der Waals surface area contributed by atoms with E-state index >= 15 is 0 Å². The Kier molecular flexibility index (Phi) is 2.46. The summed E-state index contributed by atoms with van der Waals surface area (Å²) in [7, 11) is 0. The molecule has 2 rings (SSSR count). The summed E-state index contributed by atoms with van der Waals surface area (Å²) in [6, 6.07) is 2.13. The molecule has 2 heterocycles. The van der Waals surface area contributed by atoms with Crippen LogP contribution in [0.1, 0.15) is 25.1 Å². The van der Waals surface area contributed by atoms with Gasteiger partial charge in [-0.1, -0.05) is 6.92 Å². The number of aliphatic imine (C=N–C) groups is 1. The average molecular weight is 210 g/mol. The maximum absolute atomic E-state index is 5.90. The molecule has 76 valence electrons. The number of nitrogens with zero attached hydrogens (tertiary/aromatic N) is 1. The molecule has 0 unspecified atom stereocenters. The summed E-state index contributed by atoms with van der Waals surface area (Å²) in [6.45, 7) is 4.14. The third kappa shape index (κ3) is 1.50. The van der Waals surface area contributed by atoms with Gasteiger partial charge < -0.3 is 10.5 Å². The lowest BCUT2D eigenvalue weighted by Crippen LogP contribution is -2.26. The predicted molar refractivity (Wildman–Crippen MR) is 59.2 cm³/mol. The Balaban J connectivity index is 2.40.